The molecule has 2 aromatic rings. The summed E-state index contributed by atoms with van der Waals surface area (Å²) in [6.07, 6.45) is 0.934. The Morgan fingerprint density at radius 2 is 2.15 bits per heavy atom. The van der Waals surface area contributed by atoms with Crippen LogP contribution >= 0.6 is 0 Å². The van der Waals surface area contributed by atoms with Crippen LogP contribution in [0.4, 0.5) is 0 Å². The number of aromatic nitrogens is 1. The van der Waals surface area contributed by atoms with E-state index in [9.17, 15) is 4.79 Å². The number of hydrogen-bond acceptors (Lipinski definition) is 2. The molecular formula is C16H21N3O. The molecule has 0 aliphatic carbocycles. The minimum atomic E-state index is 0.00514. The van der Waals surface area contributed by atoms with E-state index < -0.39 is 0 Å². The highest BCUT2D eigenvalue weighted by Crippen LogP contribution is 2.35. The first-order valence-electron chi connectivity index (χ1n) is 7.16. The van der Waals surface area contributed by atoms with Crippen LogP contribution in [0.5, 0.6) is 0 Å². The molecule has 20 heavy (non-hydrogen) atoms. The Hall–Kier alpha value is -1.81. The number of likely N-dealkylation sites (tertiary alicyclic amines) is 1. The number of H-pyrrole nitrogens is 1. The van der Waals surface area contributed by atoms with Crippen LogP contribution in [-0.4, -0.2) is 34.9 Å². The number of fused-ring (bicyclic) bond motifs is 1. The van der Waals surface area contributed by atoms with Crippen molar-refractivity contribution in [3.8, 4) is 0 Å². The van der Waals surface area contributed by atoms with Crippen LogP contribution in [0.15, 0.2) is 24.3 Å². The summed E-state index contributed by atoms with van der Waals surface area (Å²) >= 11 is 0. The van der Waals surface area contributed by atoms with E-state index >= 15 is 0 Å². The van der Waals surface area contributed by atoms with Crippen LogP contribution < -0.4 is 5.73 Å². The van der Waals surface area contributed by atoms with E-state index in [0.717, 1.165) is 13.0 Å². The fraction of sp³-hybridized carbons (Fsp3) is 0.438. The lowest BCUT2D eigenvalue weighted by atomic mass is 9.84. The molecule has 3 rings (SSSR count). The van der Waals surface area contributed by atoms with Gasteiger partial charge >= 0.3 is 0 Å². The van der Waals surface area contributed by atoms with Gasteiger partial charge in [0.15, 0.2) is 0 Å². The number of hydrogen-bond donors (Lipinski definition) is 2. The van der Waals surface area contributed by atoms with E-state index in [2.05, 4.69) is 30.1 Å². The van der Waals surface area contributed by atoms with Gasteiger partial charge in [-0.05, 0) is 25.0 Å². The Morgan fingerprint density at radius 1 is 1.40 bits per heavy atom. The Balaban J connectivity index is 1.96. The molecule has 1 saturated heterocycles. The van der Waals surface area contributed by atoms with Crippen LogP contribution in [0.2, 0.25) is 0 Å². The van der Waals surface area contributed by atoms with Crippen LogP contribution in [0.25, 0.3) is 10.9 Å². The van der Waals surface area contributed by atoms with E-state index in [1.54, 1.807) is 6.92 Å². The Labute approximate surface area is 118 Å². The number of nitrogens with zero attached hydrogens (tertiary/aromatic N) is 1. The Morgan fingerprint density at radius 3 is 2.85 bits per heavy atom. The summed E-state index contributed by atoms with van der Waals surface area (Å²) in [6, 6.07) is 8.36. The van der Waals surface area contributed by atoms with Gasteiger partial charge in [-0.1, -0.05) is 18.2 Å². The third kappa shape index (κ3) is 2.10. The molecule has 1 aliphatic rings. The predicted octanol–water partition coefficient (Wildman–Crippen LogP) is 2.14. The number of carbonyl (C=O) groups is 1. The molecule has 2 unspecified atom stereocenters. The van der Waals surface area contributed by atoms with Gasteiger partial charge in [-0.3, -0.25) is 4.79 Å². The quantitative estimate of drug-likeness (QED) is 0.834. The van der Waals surface area contributed by atoms with Gasteiger partial charge in [0.1, 0.15) is 0 Å². The molecule has 3 N–H and O–H groups in total. The van der Waals surface area contributed by atoms with Gasteiger partial charge in [0.2, 0.25) is 5.91 Å². The summed E-state index contributed by atoms with van der Waals surface area (Å²) in [4.78, 5) is 16.8. The number of aryl methyl sites for hydroxylation is 1. The second-order valence-electron chi connectivity index (χ2n) is 5.73. The maximum atomic E-state index is 11.5. The van der Waals surface area contributed by atoms with Crippen LogP contribution in [0.1, 0.15) is 30.5 Å². The predicted molar refractivity (Wildman–Crippen MR) is 80.6 cm³/mol. The summed E-state index contributed by atoms with van der Waals surface area (Å²) in [6.45, 7) is 5.18. The maximum Gasteiger partial charge on any atom is 0.219 e. The standard InChI is InChI=1S/C16H21N3O/c1-10-16(13-5-3-4-6-15(13)18-10)12-7-8-19(11(2)20)9-14(12)17/h3-6,12,14,18H,7-9,17H2,1-2H3. The normalized spacial score (nSPS) is 23.2. The zero-order valence-electron chi connectivity index (χ0n) is 12.0. The van der Waals surface area contributed by atoms with Gasteiger partial charge in [-0.2, -0.15) is 0 Å². The fourth-order valence-electron chi connectivity index (χ4n) is 3.40. The molecule has 1 aliphatic heterocycles. The van der Waals surface area contributed by atoms with E-state index in [0.29, 0.717) is 12.5 Å². The molecule has 0 bridgehead atoms. The average molecular weight is 271 g/mol. The third-order valence-electron chi connectivity index (χ3n) is 4.42. The smallest absolute Gasteiger partial charge is 0.219 e. The SMILES string of the molecule is CC(=O)N1CCC(c2c(C)[nH]c3ccccc23)C(N)C1. The monoisotopic (exact) mass is 271 g/mol. The van der Waals surface area contributed by atoms with E-state index in [-0.39, 0.29) is 11.9 Å². The fourth-order valence-corrected chi connectivity index (χ4v) is 3.40. The first-order valence-corrected chi connectivity index (χ1v) is 7.16. The number of amides is 1. The van der Waals surface area contributed by atoms with Gasteiger partial charge < -0.3 is 15.6 Å². The van der Waals surface area contributed by atoms with Gasteiger partial charge in [-0.15, -0.1) is 0 Å². The lowest BCUT2D eigenvalue weighted by Gasteiger charge is -2.36. The van der Waals surface area contributed by atoms with Crippen molar-refractivity contribution >= 4 is 16.8 Å². The third-order valence-corrected chi connectivity index (χ3v) is 4.42. The van der Waals surface area contributed by atoms with Crippen LogP contribution in [0.3, 0.4) is 0 Å². The molecule has 4 nitrogen and oxygen atoms in total. The average Bonchev–Trinajstić information content (AvgIpc) is 2.74. The molecule has 0 saturated carbocycles. The Bertz CT molecular complexity index is 646. The second kappa shape index (κ2) is 4.94. The number of nitrogens with one attached hydrogen (secondary N) is 1. The second-order valence-corrected chi connectivity index (χ2v) is 5.73. The number of para-hydroxylation sites is 1. The van der Waals surface area contributed by atoms with Crippen LogP contribution in [-0.2, 0) is 4.79 Å². The van der Waals surface area contributed by atoms with E-state index in [1.807, 2.05) is 11.0 Å². The highest BCUT2D eigenvalue weighted by molar-refractivity contribution is 5.85. The van der Waals surface area contributed by atoms with Crippen molar-refractivity contribution in [3.05, 3.63) is 35.5 Å². The molecule has 2 atom stereocenters. The summed E-state index contributed by atoms with van der Waals surface area (Å²) in [5.41, 5.74) is 10.0. The lowest BCUT2D eigenvalue weighted by Crippen LogP contribution is -2.49. The first kappa shape index (κ1) is 13.2. The molecule has 0 spiro atoms. The molecule has 0 radical (unpaired) electrons. The van der Waals surface area contributed by atoms with Gasteiger partial charge in [0.05, 0.1) is 0 Å². The number of rotatable bonds is 1. The van der Waals surface area contributed by atoms with Gasteiger partial charge in [-0.25, -0.2) is 0 Å². The van der Waals surface area contributed by atoms with Crippen molar-refractivity contribution in [2.45, 2.75) is 32.2 Å². The maximum absolute atomic E-state index is 11.5. The molecule has 1 amide bonds. The van der Waals surface area contributed by atoms with Crippen molar-refractivity contribution in [2.75, 3.05) is 13.1 Å². The topological polar surface area (TPSA) is 62.1 Å². The number of aromatic amines is 1. The van der Waals surface area contributed by atoms with Crippen molar-refractivity contribution < 1.29 is 4.79 Å². The van der Waals surface area contributed by atoms with E-state index in [1.165, 1.54) is 22.2 Å². The van der Waals surface area contributed by atoms with Crippen LogP contribution in [0, 0.1) is 6.92 Å². The van der Waals surface area contributed by atoms with Gasteiger partial charge in [0, 0.05) is 48.6 Å². The Kier molecular flexibility index (Phi) is 3.26. The number of piperidine rings is 1. The largest absolute Gasteiger partial charge is 0.358 e. The molecule has 4 heteroatoms. The number of benzene rings is 1. The first-order chi connectivity index (χ1) is 9.58. The molecule has 1 fully saturated rings. The van der Waals surface area contributed by atoms with Crippen molar-refractivity contribution in [3.63, 3.8) is 0 Å². The highest BCUT2D eigenvalue weighted by atomic mass is 16.2. The van der Waals surface area contributed by atoms with Crippen molar-refractivity contribution in [2.24, 2.45) is 5.73 Å². The molecule has 106 valence electrons. The van der Waals surface area contributed by atoms with E-state index in [4.69, 9.17) is 5.73 Å². The summed E-state index contributed by atoms with van der Waals surface area (Å²) < 4.78 is 0. The number of nitrogens with two attached hydrogens (primary N) is 1. The zero-order chi connectivity index (χ0) is 14.3. The summed E-state index contributed by atoms with van der Waals surface area (Å²) in [5.74, 6) is 0.441. The molecule has 1 aromatic heterocycles. The number of carbonyl (C=O) groups excluding carboxylic acids is 1. The van der Waals surface area contributed by atoms with Crippen molar-refractivity contribution in [1.82, 2.24) is 9.88 Å². The summed E-state index contributed by atoms with van der Waals surface area (Å²) in [7, 11) is 0. The lowest BCUT2D eigenvalue weighted by molar-refractivity contribution is -0.130. The minimum Gasteiger partial charge on any atom is -0.358 e. The van der Waals surface area contributed by atoms with Gasteiger partial charge in [0.25, 0.3) is 0 Å². The zero-order valence-corrected chi connectivity index (χ0v) is 12.0. The minimum absolute atomic E-state index is 0.00514. The summed E-state index contributed by atoms with van der Waals surface area (Å²) in [5, 5.41) is 1.27. The molecule has 2 heterocycles. The molecular weight excluding hydrogens is 250 g/mol. The van der Waals surface area contributed by atoms with Crippen molar-refractivity contribution in [1.29, 1.82) is 0 Å². The highest BCUT2D eigenvalue weighted by Gasteiger charge is 2.31. The molecule has 1 aromatic carbocycles.